The number of amides is 2. The molecule has 2 aliphatic heterocycles. The van der Waals surface area contributed by atoms with E-state index in [-0.39, 0.29) is 17.4 Å². The number of nitrogens with zero attached hydrogens (tertiary/aromatic N) is 1. The highest BCUT2D eigenvalue weighted by Gasteiger charge is 2.43. The molecular weight excluding hydrogens is 272 g/mol. The molecule has 7 heteroatoms. The third kappa shape index (κ3) is 2.22. The number of likely N-dealkylation sites (tertiary alicyclic amines) is 1. The van der Waals surface area contributed by atoms with Crippen molar-refractivity contribution in [2.45, 2.75) is 12.7 Å². The van der Waals surface area contributed by atoms with Gasteiger partial charge >= 0.3 is 6.29 Å². The van der Waals surface area contributed by atoms with Gasteiger partial charge in [0.25, 0.3) is 5.91 Å². The molecule has 5 nitrogen and oxygen atoms in total. The Hall–Kier alpha value is -2.44. The van der Waals surface area contributed by atoms with Crippen molar-refractivity contribution in [2.75, 3.05) is 6.54 Å². The highest BCUT2D eigenvalue weighted by atomic mass is 19.3. The zero-order valence-corrected chi connectivity index (χ0v) is 10.1. The average molecular weight is 281 g/mol. The number of carbonyl (C=O) groups excluding carboxylic acids is 2. The fourth-order valence-corrected chi connectivity index (χ4v) is 1.87. The molecule has 2 aliphatic rings. The van der Waals surface area contributed by atoms with Crippen LogP contribution in [0.25, 0.3) is 6.08 Å². The number of imide groups is 1. The van der Waals surface area contributed by atoms with Crippen LogP contribution in [0, 0.1) is 0 Å². The van der Waals surface area contributed by atoms with Gasteiger partial charge in [-0.15, -0.1) is 8.78 Å². The van der Waals surface area contributed by atoms with E-state index in [9.17, 15) is 18.4 Å². The number of hydrogen-bond acceptors (Lipinski definition) is 4. The van der Waals surface area contributed by atoms with Crippen molar-refractivity contribution in [1.82, 2.24) is 4.90 Å². The maximum Gasteiger partial charge on any atom is 0.586 e. The number of fused-ring (bicyclic) bond motifs is 1. The molecule has 0 radical (unpaired) electrons. The predicted molar refractivity (Wildman–Crippen MR) is 63.0 cm³/mol. The Morgan fingerprint density at radius 1 is 1.30 bits per heavy atom. The van der Waals surface area contributed by atoms with E-state index in [0.29, 0.717) is 18.5 Å². The lowest BCUT2D eigenvalue weighted by atomic mass is 10.1. The van der Waals surface area contributed by atoms with Gasteiger partial charge in [-0.2, -0.15) is 0 Å². The van der Waals surface area contributed by atoms with E-state index in [1.807, 2.05) is 0 Å². The van der Waals surface area contributed by atoms with Gasteiger partial charge in [-0.1, -0.05) is 6.07 Å². The minimum absolute atomic E-state index is 0.0589. The van der Waals surface area contributed by atoms with Crippen molar-refractivity contribution in [3.63, 3.8) is 0 Å². The predicted octanol–water partition coefficient (Wildman–Crippen LogP) is 1.78. The van der Waals surface area contributed by atoms with Crippen LogP contribution >= 0.6 is 0 Å². The van der Waals surface area contributed by atoms with Crippen molar-refractivity contribution in [1.29, 1.82) is 0 Å². The van der Waals surface area contributed by atoms with E-state index in [2.05, 4.69) is 9.47 Å². The lowest BCUT2D eigenvalue weighted by Crippen LogP contribution is -2.46. The van der Waals surface area contributed by atoms with Gasteiger partial charge in [0.2, 0.25) is 5.91 Å². The van der Waals surface area contributed by atoms with Crippen molar-refractivity contribution in [3.8, 4) is 11.5 Å². The standard InChI is InChI=1S/C13H9F2NO4/c14-13(15)19-9-3-1-8(7-10(9)20-13)2-4-11(17)16-6-5-12(16)18/h1-4,7H,5-6H2/b4-2+. The monoisotopic (exact) mass is 281 g/mol. The summed E-state index contributed by atoms with van der Waals surface area (Å²) in [6.45, 7) is 0.412. The maximum absolute atomic E-state index is 12.8. The first kappa shape index (κ1) is 12.6. The molecule has 104 valence electrons. The van der Waals surface area contributed by atoms with Gasteiger partial charge in [-0.05, 0) is 23.8 Å². The number of halogens is 2. The third-order valence-electron chi connectivity index (χ3n) is 2.96. The molecule has 2 amide bonds. The Morgan fingerprint density at radius 3 is 2.70 bits per heavy atom. The number of hydrogen-bond donors (Lipinski definition) is 0. The number of ether oxygens (including phenoxy) is 2. The van der Waals surface area contributed by atoms with E-state index in [1.165, 1.54) is 30.4 Å². The molecule has 20 heavy (non-hydrogen) atoms. The highest BCUT2D eigenvalue weighted by molar-refractivity contribution is 6.05. The quantitative estimate of drug-likeness (QED) is 0.612. The van der Waals surface area contributed by atoms with Crippen molar-refractivity contribution >= 4 is 17.9 Å². The van der Waals surface area contributed by atoms with E-state index >= 15 is 0 Å². The van der Waals surface area contributed by atoms with Gasteiger partial charge in [0.05, 0.1) is 0 Å². The number of benzene rings is 1. The molecule has 0 saturated carbocycles. The highest BCUT2D eigenvalue weighted by Crippen LogP contribution is 2.41. The van der Waals surface area contributed by atoms with E-state index in [0.717, 1.165) is 4.90 Å². The Labute approximate surface area is 112 Å². The van der Waals surface area contributed by atoms with Crippen LogP contribution in [-0.2, 0) is 9.59 Å². The summed E-state index contributed by atoms with van der Waals surface area (Å²) in [7, 11) is 0. The molecule has 2 heterocycles. The molecule has 0 atom stereocenters. The number of rotatable bonds is 2. The zero-order chi connectivity index (χ0) is 14.3. The van der Waals surface area contributed by atoms with E-state index in [4.69, 9.17) is 0 Å². The van der Waals surface area contributed by atoms with Crippen LogP contribution in [0.15, 0.2) is 24.3 Å². The van der Waals surface area contributed by atoms with Crippen LogP contribution in [0.5, 0.6) is 11.5 Å². The van der Waals surface area contributed by atoms with Crippen molar-refractivity contribution < 1.29 is 27.8 Å². The summed E-state index contributed by atoms with van der Waals surface area (Å²) >= 11 is 0. The number of alkyl halides is 2. The molecule has 1 fully saturated rings. The second kappa shape index (κ2) is 4.29. The molecule has 0 spiro atoms. The molecule has 0 bridgehead atoms. The fraction of sp³-hybridized carbons (Fsp3) is 0.231. The largest absolute Gasteiger partial charge is 0.586 e. The molecule has 0 N–H and O–H groups in total. The third-order valence-corrected chi connectivity index (χ3v) is 2.96. The first-order valence-corrected chi connectivity index (χ1v) is 5.87. The smallest absolute Gasteiger partial charge is 0.395 e. The molecule has 0 aliphatic carbocycles. The summed E-state index contributed by atoms with van der Waals surface area (Å²) in [5, 5.41) is 0. The second-order valence-electron chi connectivity index (χ2n) is 4.34. The summed E-state index contributed by atoms with van der Waals surface area (Å²) in [5.74, 6) is -0.796. The second-order valence-corrected chi connectivity index (χ2v) is 4.34. The molecule has 1 saturated heterocycles. The van der Waals surface area contributed by atoms with E-state index < -0.39 is 12.2 Å². The summed E-state index contributed by atoms with van der Waals surface area (Å²) in [4.78, 5) is 23.8. The molecule has 1 aromatic rings. The van der Waals surface area contributed by atoms with Crippen LogP contribution in [0.4, 0.5) is 8.78 Å². The van der Waals surface area contributed by atoms with Crippen LogP contribution in [0.1, 0.15) is 12.0 Å². The van der Waals surface area contributed by atoms with Crippen LogP contribution < -0.4 is 9.47 Å². The van der Waals surface area contributed by atoms with Crippen LogP contribution in [0.2, 0.25) is 0 Å². The summed E-state index contributed by atoms with van der Waals surface area (Å²) in [6, 6.07) is 4.17. The lowest BCUT2D eigenvalue weighted by molar-refractivity contribution is -0.286. The molecular formula is C13H9F2NO4. The van der Waals surface area contributed by atoms with E-state index in [1.54, 1.807) is 0 Å². The van der Waals surface area contributed by atoms with Crippen LogP contribution in [-0.4, -0.2) is 29.6 Å². The normalized spacial score (nSPS) is 19.3. The molecule has 0 unspecified atom stereocenters. The fourth-order valence-electron chi connectivity index (χ4n) is 1.87. The minimum Gasteiger partial charge on any atom is -0.395 e. The average Bonchev–Trinajstić information content (AvgIpc) is 2.67. The number of carbonyl (C=O) groups is 2. The SMILES string of the molecule is O=C(/C=C/c1ccc2c(c1)OC(F)(F)O2)N1CCC1=O. The summed E-state index contributed by atoms with van der Waals surface area (Å²) in [5.41, 5.74) is 0.492. The van der Waals surface area contributed by atoms with Gasteiger partial charge in [-0.3, -0.25) is 14.5 Å². The molecule has 1 aromatic carbocycles. The Bertz CT molecular complexity index is 627. The number of β-lactam (4-membered cyclic amide) rings is 1. The van der Waals surface area contributed by atoms with Crippen molar-refractivity contribution in [2.24, 2.45) is 0 Å². The van der Waals surface area contributed by atoms with Crippen LogP contribution in [0.3, 0.4) is 0 Å². The van der Waals surface area contributed by atoms with Gasteiger partial charge in [0.1, 0.15) is 0 Å². The lowest BCUT2D eigenvalue weighted by Gasteiger charge is -2.27. The molecule has 3 rings (SSSR count). The van der Waals surface area contributed by atoms with Gasteiger partial charge in [0, 0.05) is 19.0 Å². The first-order valence-electron chi connectivity index (χ1n) is 5.87. The first-order chi connectivity index (χ1) is 9.44. The van der Waals surface area contributed by atoms with Gasteiger partial charge < -0.3 is 9.47 Å². The Morgan fingerprint density at radius 2 is 2.05 bits per heavy atom. The Balaban J connectivity index is 1.73. The zero-order valence-electron chi connectivity index (χ0n) is 10.1. The van der Waals surface area contributed by atoms with Crippen molar-refractivity contribution in [3.05, 3.63) is 29.8 Å². The Kier molecular flexibility index (Phi) is 2.70. The van der Waals surface area contributed by atoms with Gasteiger partial charge in [-0.25, -0.2) is 0 Å². The molecule has 0 aromatic heterocycles. The maximum atomic E-state index is 12.8. The van der Waals surface area contributed by atoms with Gasteiger partial charge in [0.15, 0.2) is 11.5 Å². The topological polar surface area (TPSA) is 55.8 Å². The summed E-state index contributed by atoms with van der Waals surface area (Å²) < 4.78 is 34.2. The minimum atomic E-state index is -3.66. The summed E-state index contributed by atoms with van der Waals surface area (Å²) in [6.07, 6.45) is -0.649.